The Kier molecular flexibility index (Phi) is 13.0. The van der Waals surface area contributed by atoms with Crippen LogP contribution in [0, 0.1) is 0 Å². The maximum absolute atomic E-state index is 12.0. The number of hydrogen-bond donors (Lipinski definition) is 6. The molecule has 1 heterocycles. The number of phenolic OH excluding ortho intramolecular Hbond substituents is 2. The Labute approximate surface area is 267 Å². The third-order valence-electron chi connectivity index (χ3n) is 6.48. The van der Waals surface area contributed by atoms with Gasteiger partial charge in [0.15, 0.2) is 23.0 Å². The first-order valence-corrected chi connectivity index (χ1v) is 14.7. The van der Waals surface area contributed by atoms with Crippen LogP contribution in [-0.4, -0.2) is 91.4 Å². The molecule has 0 aliphatic rings. The molecule has 0 saturated carbocycles. The Hall–Kier alpha value is -5.34. The summed E-state index contributed by atoms with van der Waals surface area (Å²) in [4.78, 5) is 25.5. The van der Waals surface area contributed by atoms with Crippen molar-refractivity contribution in [2.45, 2.75) is 6.42 Å². The number of carbonyl (C=O) groups is 1. The topological polar surface area (TPSA) is 181 Å². The fourth-order valence-corrected chi connectivity index (χ4v) is 4.16. The van der Waals surface area contributed by atoms with Crippen molar-refractivity contribution in [3.05, 3.63) is 77.9 Å². The van der Waals surface area contributed by atoms with E-state index >= 15 is 0 Å². The Morgan fingerprint density at radius 2 is 1.37 bits per heavy atom. The third kappa shape index (κ3) is 10.7. The van der Waals surface area contributed by atoms with Crippen molar-refractivity contribution in [2.24, 2.45) is 0 Å². The summed E-state index contributed by atoms with van der Waals surface area (Å²) in [5.41, 5.74) is 2.12. The van der Waals surface area contributed by atoms with E-state index in [0.29, 0.717) is 93.1 Å². The molecule has 0 unspecified atom stereocenters. The molecule has 4 aromatic rings. The summed E-state index contributed by atoms with van der Waals surface area (Å²) in [6, 6.07) is 19.1. The van der Waals surface area contributed by atoms with Crippen molar-refractivity contribution in [3.8, 4) is 23.0 Å². The van der Waals surface area contributed by atoms with Gasteiger partial charge in [-0.25, -0.2) is 0 Å². The van der Waals surface area contributed by atoms with E-state index in [-0.39, 0.29) is 17.4 Å². The molecule has 0 spiro atoms. The number of rotatable bonds is 19. The number of aromatic hydroxyl groups is 2. The van der Waals surface area contributed by atoms with Crippen LogP contribution in [0.15, 0.2) is 66.7 Å². The first kappa shape index (κ1) is 33.6. The minimum absolute atomic E-state index is 0.136. The van der Waals surface area contributed by atoms with Crippen LogP contribution in [-0.2, 0) is 15.9 Å². The highest BCUT2D eigenvalue weighted by atomic mass is 16.5. The van der Waals surface area contributed by atoms with Crippen LogP contribution in [0.5, 0.6) is 23.0 Å². The Balaban J connectivity index is 1.25. The molecular formula is C32H39N7O7. The van der Waals surface area contributed by atoms with Crippen LogP contribution in [0.4, 0.5) is 23.5 Å². The highest BCUT2D eigenvalue weighted by molar-refractivity contribution is 5.94. The molecule has 1 amide bonds. The second-order valence-corrected chi connectivity index (χ2v) is 9.77. The maximum Gasteiger partial charge on any atom is 0.251 e. The molecule has 3 aromatic carbocycles. The predicted octanol–water partition coefficient (Wildman–Crippen LogP) is 3.57. The summed E-state index contributed by atoms with van der Waals surface area (Å²) in [7, 11) is 3.13. The number of nitrogens with one attached hydrogen (secondary N) is 4. The zero-order chi connectivity index (χ0) is 32.6. The van der Waals surface area contributed by atoms with Crippen molar-refractivity contribution in [1.29, 1.82) is 0 Å². The molecule has 14 nitrogen and oxygen atoms in total. The molecule has 1 aromatic heterocycles. The number of amides is 1. The largest absolute Gasteiger partial charge is 0.504 e. The van der Waals surface area contributed by atoms with Crippen molar-refractivity contribution < 1.29 is 34.0 Å². The number of ether oxygens (including phenoxy) is 4. The molecule has 6 N–H and O–H groups in total. The Morgan fingerprint density at radius 1 is 0.696 bits per heavy atom. The van der Waals surface area contributed by atoms with Gasteiger partial charge in [0.05, 0.1) is 40.6 Å². The monoisotopic (exact) mass is 633 g/mol. The highest BCUT2D eigenvalue weighted by Crippen LogP contribution is 2.31. The van der Waals surface area contributed by atoms with Crippen molar-refractivity contribution in [2.75, 3.05) is 76.2 Å². The first-order valence-electron chi connectivity index (χ1n) is 14.7. The second kappa shape index (κ2) is 17.8. The number of phenols is 2. The molecule has 244 valence electrons. The molecule has 0 radical (unpaired) electrons. The van der Waals surface area contributed by atoms with Gasteiger partial charge >= 0.3 is 0 Å². The molecule has 0 aliphatic carbocycles. The standard InChI is InChI=1S/C32H39N7O7/c1-43-27-11-9-24(21-28(27)44-2)36-32-38-30(34-13-12-22-8-10-25(40)26(41)20-22)37-31(39-32)35-15-17-46-19-18-45-16-14-33-29(42)23-6-4-3-5-7-23/h3-11,20-21,40-41H,12-19H2,1-2H3,(H,33,42)(H3,34,35,36,37,38,39). The minimum atomic E-state index is -0.174. The zero-order valence-corrected chi connectivity index (χ0v) is 25.8. The molecule has 0 aliphatic heterocycles. The van der Waals surface area contributed by atoms with Gasteiger partial charge in [-0.1, -0.05) is 24.3 Å². The van der Waals surface area contributed by atoms with E-state index in [0.717, 1.165) is 5.56 Å². The molecule has 0 fully saturated rings. The van der Waals surface area contributed by atoms with Gasteiger partial charge in [-0.3, -0.25) is 4.79 Å². The van der Waals surface area contributed by atoms with Gasteiger partial charge in [0.1, 0.15) is 0 Å². The number of benzene rings is 3. The number of carbonyl (C=O) groups excluding carboxylic acids is 1. The second-order valence-electron chi connectivity index (χ2n) is 9.77. The van der Waals surface area contributed by atoms with E-state index in [1.54, 1.807) is 44.6 Å². The Morgan fingerprint density at radius 3 is 2.07 bits per heavy atom. The van der Waals surface area contributed by atoms with Gasteiger partial charge in [-0.05, 0) is 48.4 Å². The van der Waals surface area contributed by atoms with E-state index in [2.05, 4.69) is 36.2 Å². The smallest absolute Gasteiger partial charge is 0.251 e. The van der Waals surface area contributed by atoms with E-state index in [4.69, 9.17) is 18.9 Å². The molecule has 4 rings (SSSR count). The Bertz CT molecular complexity index is 1540. The number of hydrogen-bond acceptors (Lipinski definition) is 13. The number of nitrogens with zero attached hydrogens (tertiary/aromatic N) is 3. The van der Waals surface area contributed by atoms with Gasteiger partial charge in [-0.2, -0.15) is 15.0 Å². The van der Waals surface area contributed by atoms with Crippen molar-refractivity contribution in [1.82, 2.24) is 20.3 Å². The van der Waals surface area contributed by atoms with E-state index in [1.165, 1.54) is 12.1 Å². The quantitative estimate of drug-likeness (QED) is 0.0652. The summed E-state index contributed by atoms with van der Waals surface area (Å²) in [6.45, 7) is 2.83. The number of aromatic nitrogens is 3. The van der Waals surface area contributed by atoms with E-state index in [9.17, 15) is 15.0 Å². The number of anilines is 4. The molecule has 46 heavy (non-hydrogen) atoms. The normalized spacial score (nSPS) is 10.7. The lowest BCUT2D eigenvalue weighted by Crippen LogP contribution is -2.27. The lowest BCUT2D eigenvalue weighted by molar-refractivity contribution is 0.0519. The van der Waals surface area contributed by atoms with Gasteiger partial charge < -0.3 is 50.4 Å². The third-order valence-corrected chi connectivity index (χ3v) is 6.48. The summed E-state index contributed by atoms with van der Waals surface area (Å²) < 4.78 is 21.9. The van der Waals surface area contributed by atoms with Crippen molar-refractivity contribution in [3.63, 3.8) is 0 Å². The van der Waals surface area contributed by atoms with Gasteiger partial charge in [-0.15, -0.1) is 0 Å². The summed E-state index contributed by atoms with van der Waals surface area (Å²) >= 11 is 0. The van der Waals surface area contributed by atoms with Gasteiger partial charge in [0.25, 0.3) is 5.91 Å². The lowest BCUT2D eigenvalue weighted by atomic mass is 10.1. The van der Waals surface area contributed by atoms with Crippen molar-refractivity contribution >= 4 is 29.4 Å². The summed E-state index contributed by atoms with van der Waals surface area (Å²) in [5, 5.41) is 31.6. The van der Waals surface area contributed by atoms with Crippen LogP contribution in [0.2, 0.25) is 0 Å². The summed E-state index contributed by atoms with van der Waals surface area (Å²) in [5.74, 6) is 1.62. The fraction of sp³-hybridized carbons (Fsp3) is 0.312. The molecule has 0 saturated heterocycles. The van der Waals surface area contributed by atoms with Gasteiger partial charge in [0.2, 0.25) is 17.8 Å². The average Bonchev–Trinajstić information content (AvgIpc) is 3.07. The zero-order valence-electron chi connectivity index (χ0n) is 25.8. The lowest BCUT2D eigenvalue weighted by Gasteiger charge is -2.13. The van der Waals surface area contributed by atoms with Crippen LogP contribution in [0.1, 0.15) is 15.9 Å². The van der Waals surface area contributed by atoms with Crippen LogP contribution in [0.3, 0.4) is 0 Å². The molecule has 0 atom stereocenters. The predicted molar refractivity (Wildman–Crippen MR) is 174 cm³/mol. The summed E-state index contributed by atoms with van der Waals surface area (Å²) in [6.07, 6.45) is 0.552. The van der Waals surface area contributed by atoms with E-state index in [1.807, 2.05) is 24.3 Å². The molecule has 0 bridgehead atoms. The maximum atomic E-state index is 12.0. The minimum Gasteiger partial charge on any atom is -0.504 e. The highest BCUT2D eigenvalue weighted by Gasteiger charge is 2.10. The number of methoxy groups -OCH3 is 2. The van der Waals surface area contributed by atoms with Crippen LogP contribution < -0.4 is 30.7 Å². The van der Waals surface area contributed by atoms with Gasteiger partial charge in [0, 0.05) is 37.0 Å². The molecular weight excluding hydrogens is 594 g/mol. The average molecular weight is 634 g/mol. The fourth-order valence-electron chi connectivity index (χ4n) is 4.16. The first-order chi connectivity index (χ1) is 22.4. The van der Waals surface area contributed by atoms with E-state index < -0.39 is 0 Å². The molecule has 14 heteroatoms. The van der Waals surface area contributed by atoms with Crippen LogP contribution >= 0.6 is 0 Å². The van der Waals surface area contributed by atoms with Crippen LogP contribution in [0.25, 0.3) is 0 Å². The SMILES string of the molecule is COc1ccc(Nc2nc(NCCOCCOCCNC(=O)c3ccccc3)nc(NCCc3ccc(O)c(O)c3)n2)cc1OC.